The molecule has 0 fully saturated rings. The number of ether oxygens (including phenoxy) is 1. The van der Waals surface area contributed by atoms with Crippen LogP contribution in [0.25, 0.3) is 0 Å². The average Bonchev–Trinajstić information content (AvgIpc) is 2.74. The highest BCUT2D eigenvalue weighted by Gasteiger charge is 2.21. The van der Waals surface area contributed by atoms with Crippen LogP contribution >= 0.6 is 0 Å². The number of hydrogen-bond donors (Lipinski definition) is 3. The minimum absolute atomic E-state index is 0.0725. The van der Waals surface area contributed by atoms with Gasteiger partial charge in [-0.25, -0.2) is 4.79 Å². The minimum atomic E-state index is -1.37. The normalized spacial score (nSPS) is 12.1. The van der Waals surface area contributed by atoms with E-state index >= 15 is 0 Å². The third kappa shape index (κ3) is 3.54. The van der Waals surface area contributed by atoms with Crippen molar-refractivity contribution in [3.63, 3.8) is 0 Å². The fraction of sp³-hybridized carbons (Fsp3) is 0.444. The van der Waals surface area contributed by atoms with E-state index in [0.717, 1.165) is 0 Å². The highest BCUT2D eigenvalue weighted by Crippen LogP contribution is 2.04. The van der Waals surface area contributed by atoms with Gasteiger partial charge >= 0.3 is 5.97 Å². The van der Waals surface area contributed by atoms with Crippen molar-refractivity contribution in [2.75, 3.05) is 13.7 Å². The first-order chi connectivity index (χ1) is 8.08. The van der Waals surface area contributed by atoms with Crippen LogP contribution in [0.2, 0.25) is 0 Å². The van der Waals surface area contributed by atoms with Gasteiger partial charge in [0.05, 0.1) is 6.61 Å². The predicted molar refractivity (Wildman–Crippen MR) is 53.2 cm³/mol. The van der Waals surface area contributed by atoms with Crippen LogP contribution in [0.1, 0.15) is 16.2 Å². The van der Waals surface area contributed by atoms with Gasteiger partial charge in [-0.2, -0.15) is 0 Å². The molecule has 1 heterocycles. The van der Waals surface area contributed by atoms with Gasteiger partial charge in [0.2, 0.25) is 0 Å². The summed E-state index contributed by atoms with van der Waals surface area (Å²) in [5, 5.41) is 22.9. The zero-order valence-electron chi connectivity index (χ0n) is 9.04. The highest BCUT2D eigenvalue weighted by molar-refractivity contribution is 5.94. The number of nitrogens with zero attached hydrogens (tertiary/aromatic N) is 1. The Labute approximate surface area is 96.2 Å². The summed E-state index contributed by atoms with van der Waals surface area (Å²) in [6.45, 7) is -0.549. The van der Waals surface area contributed by atoms with Crippen LogP contribution in [-0.2, 0) is 16.1 Å². The molecular formula is C9H12N2O6. The van der Waals surface area contributed by atoms with E-state index < -0.39 is 24.5 Å². The maximum atomic E-state index is 11.5. The predicted octanol–water partition coefficient (Wildman–Crippen LogP) is -1.00. The number of rotatable bonds is 6. The smallest absolute Gasteiger partial charge is 0.328 e. The number of carbonyl (C=O) groups excluding carboxylic acids is 1. The molecule has 1 aromatic heterocycles. The summed E-state index contributed by atoms with van der Waals surface area (Å²) >= 11 is 0. The number of aliphatic hydroxyl groups excluding tert-OH is 1. The zero-order chi connectivity index (χ0) is 12.8. The van der Waals surface area contributed by atoms with E-state index in [0.29, 0.717) is 5.76 Å². The van der Waals surface area contributed by atoms with Crippen LogP contribution < -0.4 is 5.32 Å². The standard InChI is InChI=1S/C9H12N2O6/c1-16-4-5-2-6(11-17-5)8(13)10-7(3-12)9(14)15/h2,7,12H,3-4H2,1H3,(H,10,13)(H,14,15). The Morgan fingerprint density at radius 3 is 2.88 bits per heavy atom. The molecule has 0 saturated carbocycles. The van der Waals surface area contributed by atoms with Gasteiger partial charge in [-0.1, -0.05) is 5.16 Å². The number of aromatic nitrogens is 1. The molecule has 0 spiro atoms. The Kier molecular flexibility index (Phi) is 4.61. The average molecular weight is 244 g/mol. The molecule has 17 heavy (non-hydrogen) atoms. The maximum absolute atomic E-state index is 11.5. The van der Waals surface area contributed by atoms with Gasteiger partial charge in [0.1, 0.15) is 6.61 Å². The van der Waals surface area contributed by atoms with Gasteiger partial charge in [0.25, 0.3) is 5.91 Å². The summed E-state index contributed by atoms with van der Waals surface area (Å²) in [5.74, 6) is -1.73. The number of carboxylic acid groups (broad SMARTS) is 1. The van der Waals surface area contributed by atoms with Crippen molar-refractivity contribution in [3.05, 3.63) is 17.5 Å². The van der Waals surface area contributed by atoms with Gasteiger partial charge in [-0.15, -0.1) is 0 Å². The van der Waals surface area contributed by atoms with Crippen molar-refractivity contribution < 1.29 is 29.1 Å². The Morgan fingerprint density at radius 2 is 2.35 bits per heavy atom. The number of nitrogens with one attached hydrogen (secondary N) is 1. The lowest BCUT2D eigenvalue weighted by Gasteiger charge is -2.09. The summed E-state index contributed by atoms with van der Waals surface area (Å²) in [7, 11) is 1.45. The van der Waals surface area contributed by atoms with Gasteiger partial charge in [-0.3, -0.25) is 4.79 Å². The molecule has 1 unspecified atom stereocenters. The van der Waals surface area contributed by atoms with Crippen LogP contribution in [0.5, 0.6) is 0 Å². The molecule has 0 aliphatic rings. The number of aliphatic carboxylic acids is 1. The van der Waals surface area contributed by atoms with E-state index in [1.165, 1.54) is 13.2 Å². The lowest BCUT2D eigenvalue weighted by atomic mass is 10.3. The van der Waals surface area contributed by atoms with Crippen molar-refractivity contribution in [2.24, 2.45) is 0 Å². The van der Waals surface area contributed by atoms with Crippen LogP contribution in [0.3, 0.4) is 0 Å². The molecule has 8 heteroatoms. The highest BCUT2D eigenvalue weighted by atomic mass is 16.5. The molecule has 0 aliphatic carbocycles. The summed E-state index contributed by atoms with van der Waals surface area (Å²) in [4.78, 5) is 22.1. The Morgan fingerprint density at radius 1 is 1.65 bits per heavy atom. The molecule has 1 amide bonds. The third-order valence-electron chi connectivity index (χ3n) is 1.86. The molecule has 94 valence electrons. The fourth-order valence-electron chi connectivity index (χ4n) is 1.05. The first-order valence-electron chi connectivity index (χ1n) is 4.67. The lowest BCUT2D eigenvalue weighted by molar-refractivity contribution is -0.140. The molecule has 0 radical (unpaired) electrons. The number of aliphatic hydroxyl groups is 1. The van der Waals surface area contributed by atoms with Crippen molar-refractivity contribution in [1.29, 1.82) is 0 Å². The SMILES string of the molecule is COCc1cc(C(=O)NC(CO)C(=O)O)no1. The van der Waals surface area contributed by atoms with E-state index in [2.05, 4.69) is 10.5 Å². The largest absolute Gasteiger partial charge is 0.480 e. The molecule has 0 aromatic carbocycles. The molecule has 8 nitrogen and oxygen atoms in total. The molecule has 1 aromatic rings. The van der Waals surface area contributed by atoms with Crippen LogP contribution in [0.4, 0.5) is 0 Å². The Hall–Kier alpha value is -1.93. The first kappa shape index (κ1) is 13.1. The summed E-state index contributed by atoms with van der Waals surface area (Å²) in [6.07, 6.45) is 0. The second kappa shape index (κ2) is 5.97. The molecule has 3 N–H and O–H groups in total. The van der Waals surface area contributed by atoms with Crippen molar-refractivity contribution in [3.8, 4) is 0 Å². The van der Waals surface area contributed by atoms with E-state index in [4.69, 9.17) is 19.5 Å². The molecule has 1 atom stereocenters. The van der Waals surface area contributed by atoms with Gasteiger partial charge in [0.15, 0.2) is 17.5 Å². The molecule has 0 bridgehead atoms. The quantitative estimate of drug-likeness (QED) is 0.586. The lowest BCUT2D eigenvalue weighted by Crippen LogP contribution is -2.43. The zero-order valence-corrected chi connectivity index (χ0v) is 9.04. The minimum Gasteiger partial charge on any atom is -0.480 e. The number of amides is 1. The molecule has 0 aliphatic heterocycles. The maximum Gasteiger partial charge on any atom is 0.328 e. The van der Waals surface area contributed by atoms with Crippen molar-refractivity contribution >= 4 is 11.9 Å². The van der Waals surface area contributed by atoms with Crippen molar-refractivity contribution in [2.45, 2.75) is 12.6 Å². The van der Waals surface area contributed by atoms with Gasteiger partial charge < -0.3 is 24.8 Å². The fourth-order valence-corrected chi connectivity index (χ4v) is 1.05. The second-order valence-corrected chi connectivity index (χ2v) is 3.16. The van der Waals surface area contributed by atoms with Gasteiger partial charge in [0, 0.05) is 13.2 Å². The Balaban J connectivity index is 2.65. The van der Waals surface area contributed by atoms with Crippen LogP contribution in [0, 0.1) is 0 Å². The monoisotopic (exact) mass is 244 g/mol. The number of methoxy groups -OCH3 is 1. The number of hydrogen-bond acceptors (Lipinski definition) is 6. The van der Waals surface area contributed by atoms with E-state index in [-0.39, 0.29) is 12.3 Å². The topological polar surface area (TPSA) is 122 Å². The van der Waals surface area contributed by atoms with E-state index in [9.17, 15) is 9.59 Å². The second-order valence-electron chi connectivity index (χ2n) is 3.16. The van der Waals surface area contributed by atoms with Crippen LogP contribution in [-0.4, -0.2) is 47.0 Å². The molecule has 0 saturated heterocycles. The van der Waals surface area contributed by atoms with Gasteiger partial charge in [-0.05, 0) is 0 Å². The summed E-state index contributed by atoms with van der Waals surface area (Å²) < 4.78 is 9.52. The number of carbonyl (C=O) groups is 2. The first-order valence-corrected chi connectivity index (χ1v) is 4.67. The van der Waals surface area contributed by atoms with Crippen LogP contribution in [0.15, 0.2) is 10.6 Å². The Bertz CT molecular complexity index is 402. The van der Waals surface area contributed by atoms with E-state index in [1.54, 1.807) is 0 Å². The number of carboxylic acids is 1. The van der Waals surface area contributed by atoms with E-state index in [1.807, 2.05) is 0 Å². The van der Waals surface area contributed by atoms with Crippen molar-refractivity contribution in [1.82, 2.24) is 10.5 Å². The summed E-state index contributed by atoms with van der Waals surface area (Å²) in [5.41, 5.74) is -0.0725. The third-order valence-corrected chi connectivity index (χ3v) is 1.86. The molecule has 1 rings (SSSR count). The molecular weight excluding hydrogens is 232 g/mol. The summed E-state index contributed by atoms with van der Waals surface area (Å²) in [6, 6.07) is -0.0418.